The average molecular weight is 353 g/mol. The topological polar surface area (TPSA) is 63.9 Å². The molecule has 2 fully saturated rings. The van der Waals surface area contributed by atoms with Crippen molar-refractivity contribution in [1.82, 2.24) is 25.1 Å². The number of carbonyl (C=O) groups excluding carboxylic acids is 1. The third-order valence-corrected chi connectivity index (χ3v) is 5.91. The van der Waals surface area contributed by atoms with Gasteiger partial charge in [0.1, 0.15) is 6.54 Å². The highest BCUT2D eigenvalue weighted by Gasteiger charge is 2.35. The number of benzene rings is 1. The Morgan fingerprint density at radius 1 is 1.12 bits per heavy atom. The molecule has 1 aromatic carbocycles. The highest BCUT2D eigenvalue weighted by atomic mass is 16.2. The van der Waals surface area contributed by atoms with Gasteiger partial charge >= 0.3 is 0 Å². The van der Waals surface area contributed by atoms with E-state index in [0.717, 1.165) is 31.4 Å². The van der Waals surface area contributed by atoms with Gasteiger partial charge in [-0.2, -0.15) is 4.80 Å². The zero-order valence-corrected chi connectivity index (χ0v) is 15.5. The molecule has 138 valence electrons. The van der Waals surface area contributed by atoms with Crippen molar-refractivity contribution in [2.45, 2.75) is 64.5 Å². The molecule has 1 aromatic heterocycles. The maximum atomic E-state index is 12.8. The predicted molar refractivity (Wildman–Crippen MR) is 99.3 cm³/mol. The zero-order chi connectivity index (χ0) is 17.9. The van der Waals surface area contributed by atoms with Gasteiger partial charge in [-0.15, -0.1) is 10.2 Å². The lowest BCUT2D eigenvalue weighted by Gasteiger charge is -2.44. The van der Waals surface area contributed by atoms with E-state index in [0.29, 0.717) is 17.8 Å². The standard InChI is InChI=1S/C20H27N5O/c1-2-15-9-11-17(12-10-15)20-21-23-25(22-20)14-19(26)24-13-5-7-16-6-3-4-8-18(16)24/h9-12,16,18H,2-8,13-14H2,1H3/t16-,18+/m1/s1. The van der Waals surface area contributed by atoms with E-state index in [4.69, 9.17) is 0 Å². The Bertz CT molecular complexity index is 752. The van der Waals surface area contributed by atoms with Gasteiger partial charge in [0.25, 0.3) is 0 Å². The molecule has 1 saturated heterocycles. The highest BCUT2D eigenvalue weighted by Crippen LogP contribution is 2.35. The minimum atomic E-state index is 0.131. The third kappa shape index (κ3) is 3.50. The number of aromatic nitrogens is 4. The van der Waals surface area contributed by atoms with Crippen molar-refractivity contribution < 1.29 is 4.79 Å². The number of hydrogen-bond acceptors (Lipinski definition) is 4. The number of hydrogen-bond donors (Lipinski definition) is 0. The van der Waals surface area contributed by atoms with Gasteiger partial charge in [0.05, 0.1) is 0 Å². The van der Waals surface area contributed by atoms with E-state index in [1.54, 1.807) is 0 Å². The van der Waals surface area contributed by atoms with Gasteiger partial charge in [-0.05, 0) is 48.8 Å². The number of aryl methyl sites for hydroxylation is 1. The molecule has 0 unspecified atom stereocenters. The molecule has 4 rings (SSSR count). The molecule has 2 aliphatic rings. The fourth-order valence-electron chi connectivity index (χ4n) is 4.46. The van der Waals surface area contributed by atoms with Crippen LogP contribution in [0.3, 0.4) is 0 Å². The fourth-order valence-corrected chi connectivity index (χ4v) is 4.46. The summed E-state index contributed by atoms with van der Waals surface area (Å²) in [7, 11) is 0. The molecule has 0 N–H and O–H groups in total. The van der Waals surface area contributed by atoms with Crippen LogP contribution in [0.5, 0.6) is 0 Å². The van der Waals surface area contributed by atoms with Crippen LogP contribution in [-0.2, 0) is 17.8 Å². The summed E-state index contributed by atoms with van der Waals surface area (Å²) < 4.78 is 0. The molecule has 0 bridgehead atoms. The lowest BCUT2D eigenvalue weighted by Crippen LogP contribution is -2.50. The second-order valence-corrected chi connectivity index (χ2v) is 7.54. The van der Waals surface area contributed by atoms with Crippen LogP contribution in [0.25, 0.3) is 11.4 Å². The second kappa shape index (κ2) is 7.56. The van der Waals surface area contributed by atoms with Crippen molar-refractivity contribution in [3.8, 4) is 11.4 Å². The first-order valence-corrected chi connectivity index (χ1v) is 9.91. The smallest absolute Gasteiger partial charge is 0.246 e. The van der Waals surface area contributed by atoms with Gasteiger partial charge in [0, 0.05) is 18.2 Å². The maximum absolute atomic E-state index is 12.8. The van der Waals surface area contributed by atoms with Crippen LogP contribution in [0.1, 0.15) is 51.0 Å². The number of fused-ring (bicyclic) bond motifs is 1. The largest absolute Gasteiger partial charge is 0.338 e. The minimum Gasteiger partial charge on any atom is -0.338 e. The molecule has 2 atom stereocenters. The van der Waals surface area contributed by atoms with Crippen molar-refractivity contribution in [1.29, 1.82) is 0 Å². The molecule has 0 radical (unpaired) electrons. The van der Waals surface area contributed by atoms with Gasteiger partial charge in [0.2, 0.25) is 11.7 Å². The summed E-state index contributed by atoms with van der Waals surface area (Å²) in [5, 5.41) is 12.7. The first kappa shape index (κ1) is 17.2. The number of likely N-dealkylation sites (tertiary alicyclic amines) is 1. The van der Waals surface area contributed by atoms with E-state index in [1.165, 1.54) is 36.0 Å². The monoisotopic (exact) mass is 353 g/mol. The summed E-state index contributed by atoms with van der Waals surface area (Å²) in [6.45, 7) is 3.19. The lowest BCUT2D eigenvalue weighted by molar-refractivity contribution is -0.138. The Hall–Kier alpha value is -2.24. The molecule has 1 saturated carbocycles. The van der Waals surface area contributed by atoms with Gasteiger partial charge in [-0.1, -0.05) is 44.0 Å². The van der Waals surface area contributed by atoms with Crippen LogP contribution in [0.15, 0.2) is 24.3 Å². The Morgan fingerprint density at radius 3 is 2.69 bits per heavy atom. The average Bonchev–Trinajstić information content (AvgIpc) is 3.16. The van der Waals surface area contributed by atoms with Gasteiger partial charge in [-0.3, -0.25) is 4.79 Å². The first-order chi connectivity index (χ1) is 12.7. The Kier molecular flexibility index (Phi) is 5.00. The van der Waals surface area contributed by atoms with Gasteiger partial charge < -0.3 is 4.90 Å². The van der Waals surface area contributed by atoms with Crippen molar-refractivity contribution in [3.63, 3.8) is 0 Å². The van der Waals surface area contributed by atoms with E-state index in [9.17, 15) is 4.79 Å². The Morgan fingerprint density at radius 2 is 1.88 bits per heavy atom. The van der Waals surface area contributed by atoms with Crippen LogP contribution >= 0.6 is 0 Å². The number of piperidine rings is 1. The normalized spacial score (nSPS) is 22.9. The number of nitrogens with zero attached hydrogens (tertiary/aromatic N) is 5. The molecule has 1 aliphatic heterocycles. The number of carbonyl (C=O) groups is 1. The molecule has 0 spiro atoms. The Balaban J connectivity index is 1.43. The van der Waals surface area contributed by atoms with E-state index in [-0.39, 0.29) is 12.5 Å². The van der Waals surface area contributed by atoms with Gasteiger partial charge in [-0.25, -0.2) is 0 Å². The van der Waals surface area contributed by atoms with E-state index >= 15 is 0 Å². The second-order valence-electron chi connectivity index (χ2n) is 7.54. The first-order valence-electron chi connectivity index (χ1n) is 9.91. The molecule has 1 amide bonds. The van der Waals surface area contributed by atoms with Crippen molar-refractivity contribution in [2.75, 3.05) is 6.54 Å². The van der Waals surface area contributed by atoms with E-state index in [2.05, 4.69) is 39.4 Å². The maximum Gasteiger partial charge on any atom is 0.246 e. The summed E-state index contributed by atoms with van der Waals surface area (Å²) >= 11 is 0. The molecule has 2 heterocycles. The fraction of sp³-hybridized carbons (Fsp3) is 0.600. The molecule has 26 heavy (non-hydrogen) atoms. The summed E-state index contributed by atoms with van der Waals surface area (Å²) in [5.74, 6) is 1.40. The summed E-state index contributed by atoms with van der Waals surface area (Å²) in [5.41, 5.74) is 2.22. The molecular weight excluding hydrogens is 326 g/mol. The van der Waals surface area contributed by atoms with Crippen LogP contribution in [0.2, 0.25) is 0 Å². The van der Waals surface area contributed by atoms with Crippen molar-refractivity contribution in [2.24, 2.45) is 5.92 Å². The summed E-state index contributed by atoms with van der Waals surface area (Å²) in [6, 6.07) is 8.61. The van der Waals surface area contributed by atoms with E-state index in [1.807, 2.05) is 12.1 Å². The predicted octanol–water partition coefficient (Wildman–Crippen LogP) is 3.08. The zero-order valence-electron chi connectivity index (χ0n) is 15.5. The van der Waals surface area contributed by atoms with Crippen LogP contribution < -0.4 is 0 Å². The molecule has 6 heteroatoms. The molecular formula is C20H27N5O. The Labute approximate surface area is 154 Å². The van der Waals surface area contributed by atoms with Crippen LogP contribution in [0, 0.1) is 5.92 Å². The molecule has 6 nitrogen and oxygen atoms in total. The van der Waals surface area contributed by atoms with Crippen molar-refractivity contribution in [3.05, 3.63) is 29.8 Å². The molecule has 2 aromatic rings. The summed E-state index contributed by atoms with van der Waals surface area (Å²) in [6.07, 6.45) is 8.37. The van der Waals surface area contributed by atoms with Crippen LogP contribution in [-0.4, -0.2) is 43.6 Å². The SMILES string of the molecule is CCc1ccc(-c2nnn(CC(=O)N3CCC[C@H]4CCCC[C@@H]43)n2)cc1. The van der Waals surface area contributed by atoms with Crippen molar-refractivity contribution >= 4 is 5.91 Å². The third-order valence-electron chi connectivity index (χ3n) is 5.91. The van der Waals surface area contributed by atoms with E-state index < -0.39 is 0 Å². The van der Waals surface area contributed by atoms with Crippen LogP contribution in [0.4, 0.5) is 0 Å². The van der Waals surface area contributed by atoms with Gasteiger partial charge in [0.15, 0.2) is 0 Å². The number of rotatable bonds is 4. The quantitative estimate of drug-likeness (QED) is 0.847. The summed E-state index contributed by atoms with van der Waals surface area (Å²) in [4.78, 5) is 16.4. The minimum absolute atomic E-state index is 0.131. The number of amides is 1. The number of tetrazole rings is 1. The molecule has 1 aliphatic carbocycles. The lowest BCUT2D eigenvalue weighted by atomic mass is 9.78. The highest BCUT2D eigenvalue weighted by molar-refractivity contribution is 5.76.